The molecule has 0 N–H and O–H groups in total. The Balaban J connectivity index is 1.61. The van der Waals surface area contributed by atoms with E-state index in [2.05, 4.69) is 4.98 Å². The molecule has 1 heterocycles. The number of non-ortho nitro benzene ring substituents is 1. The largest absolute Gasteiger partial charge is 0.755 e. The molecule has 0 bridgehead atoms. The molecule has 0 spiro atoms. The van der Waals surface area contributed by atoms with Crippen LogP contribution >= 0.6 is 0 Å². The normalized spacial score (nSPS) is 12.3. The van der Waals surface area contributed by atoms with Gasteiger partial charge in [0.25, 0.3) is 5.69 Å². The summed E-state index contributed by atoms with van der Waals surface area (Å²) in [6.45, 7) is 5.39. The van der Waals surface area contributed by atoms with Crippen molar-refractivity contribution in [1.82, 2.24) is 9.88 Å². The maximum atomic E-state index is 13.1. The summed E-state index contributed by atoms with van der Waals surface area (Å²) >= 11 is -2.65. The van der Waals surface area contributed by atoms with E-state index in [-0.39, 0.29) is 25.3 Å². The predicted octanol–water partition coefficient (Wildman–Crippen LogP) is 6.36. The fourth-order valence-electron chi connectivity index (χ4n) is 4.29. The molecule has 3 aromatic carbocycles. The molecule has 42 heavy (non-hydrogen) atoms. The van der Waals surface area contributed by atoms with Gasteiger partial charge < -0.3 is 18.5 Å². The summed E-state index contributed by atoms with van der Waals surface area (Å²) < 4.78 is 32.0. The highest BCUT2D eigenvalue weighted by Crippen LogP contribution is 2.33. The highest BCUT2D eigenvalue weighted by atomic mass is 32.2. The van der Waals surface area contributed by atoms with Crippen molar-refractivity contribution in [1.29, 1.82) is 0 Å². The number of carbonyl (C=O) groups excluding carboxylic acids is 1. The number of nitro groups is 1. The van der Waals surface area contributed by atoms with Gasteiger partial charge in [-0.05, 0) is 67.8 Å². The van der Waals surface area contributed by atoms with E-state index < -0.39 is 27.9 Å². The first-order valence-electron chi connectivity index (χ1n) is 13.2. The molecule has 1 amide bonds. The smallest absolute Gasteiger partial charge is 0.410 e. The van der Waals surface area contributed by atoms with Gasteiger partial charge in [-0.15, -0.1) is 0 Å². The third-order valence-corrected chi connectivity index (χ3v) is 6.99. The fourth-order valence-corrected chi connectivity index (χ4v) is 4.83. The number of amides is 1. The van der Waals surface area contributed by atoms with Crippen molar-refractivity contribution in [3.8, 4) is 11.1 Å². The zero-order chi connectivity index (χ0) is 30.3. The molecule has 4 aromatic rings. The zero-order valence-electron chi connectivity index (χ0n) is 23.5. The van der Waals surface area contributed by atoms with Crippen LogP contribution in [0.3, 0.4) is 0 Å². The summed E-state index contributed by atoms with van der Waals surface area (Å²) in [7, 11) is 0. The number of pyridine rings is 1. The number of nitrogens with zero attached hydrogens (tertiary/aromatic N) is 4. The molecule has 0 fully saturated rings. The van der Waals surface area contributed by atoms with E-state index in [1.165, 1.54) is 21.3 Å². The van der Waals surface area contributed by atoms with E-state index in [0.717, 1.165) is 16.5 Å². The fraction of sp³-hybridized carbons (Fsp3) is 0.226. The molecule has 1 aromatic heterocycles. The van der Waals surface area contributed by atoms with Crippen molar-refractivity contribution in [2.75, 3.05) is 23.9 Å². The highest BCUT2D eigenvalue weighted by Gasteiger charge is 2.23. The molecule has 0 aliphatic carbocycles. The molecule has 0 aliphatic rings. The molecule has 0 aliphatic heterocycles. The van der Waals surface area contributed by atoms with Crippen molar-refractivity contribution in [3.05, 3.63) is 107 Å². The third kappa shape index (κ3) is 7.99. The van der Waals surface area contributed by atoms with Crippen molar-refractivity contribution in [2.24, 2.45) is 0 Å². The summed E-state index contributed by atoms with van der Waals surface area (Å²) in [5.74, 6) is 0. The van der Waals surface area contributed by atoms with Crippen LogP contribution in [0.25, 0.3) is 28.0 Å². The number of anilines is 1. The second kappa shape index (κ2) is 13.4. The number of rotatable bonds is 10. The minimum absolute atomic E-state index is 0.0205. The molecule has 1 unspecified atom stereocenters. The van der Waals surface area contributed by atoms with Gasteiger partial charge in [0.2, 0.25) is 0 Å². The summed E-state index contributed by atoms with van der Waals surface area (Å²) in [4.78, 5) is 29.2. The number of ether oxygens (including phenoxy) is 1. The average Bonchev–Trinajstić information content (AvgIpc) is 2.95. The zero-order valence-corrected chi connectivity index (χ0v) is 24.3. The topological polar surface area (TPSA) is 129 Å². The number of benzene rings is 3. The first-order valence-corrected chi connectivity index (χ1v) is 14.2. The van der Waals surface area contributed by atoms with E-state index in [9.17, 15) is 23.7 Å². The van der Waals surface area contributed by atoms with E-state index in [0.29, 0.717) is 16.6 Å². The number of aromatic nitrogens is 1. The number of fused-ring (bicyclic) bond motifs is 1. The number of nitro benzene ring substituents is 1. The van der Waals surface area contributed by atoms with Gasteiger partial charge >= 0.3 is 6.09 Å². The molecule has 11 heteroatoms. The molecule has 0 saturated carbocycles. The summed E-state index contributed by atoms with van der Waals surface area (Å²) in [5.41, 5.74) is 2.15. The number of carbonyl (C=O) groups is 1. The summed E-state index contributed by atoms with van der Waals surface area (Å²) in [6, 6.07) is 21.2. The Morgan fingerprint density at radius 2 is 1.74 bits per heavy atom. The van der Waals surface area contributed by atoms with E-state index in [4.69, 9.17) is 4.74 Å². The van der Waals surface area contributed by atoms with Gasteiger partial charge in [-0.1, -0.05) is 42.5 Å². The maximum Gasteiger partial charge on any atom is 0.410 e. The van der Waals surface area contributed by atoms with Crippen molar-refractivity contribution < 1.29 is 23.2 Å². The quantitative estimate of drug-likeness (QED) is 0.120. The van der Waals surface area contributed by atoms with Crippen molar-refractivity contribution in [3.63, 3.8) is 0 Å². The lowest BCUT2D eigenvalue weighted by Gasteiger charge is -2.32. The van der Waals surface area contributed by atoms with E-state index >= 15 is 0 Å². The van der Waals surface area contributed by atoms with Crippen LogP contribution in [0.5, 0.6) is 0 Å². The predicted molar refractivity (Wildman–Crippen MR) is 163 cm³/mol. The van der Waals surface area contributed by atoms with Gasteiger partial charge in [0.1, 0.15) is 5.60 Å². The second-order valence-corrected chi connectivity index (χ2v) is 11.3. The lowest BCUT2D eigenvalue weighted by molar-refractivity contribution is -0.384. The molecule has 4 rings (SSSR count). The molecule has 0 radical (unpaired) electrons. The van der Waals surface area contributed by atoms with Gasteiger partial charge in [0.05, 0.1) is 10.6 Å². The van der Waals surface area contributed by atoms with Crippen molar-refractivity contribution in [2.45, 2.75) is 26.4 Å². The second-order valence-electron chi connectivity index (χ2n) is 10.5. The SMILES string of the molecule is CC(C)(C)OC(=O)N(CC=Cc1ccc([N+](=O)[O-])cc1)CCN(c1cc(-c2ccccc2)cc2cnccc12)S(=O)[O-]. The molecule has 0 saturated heterocycles. The van der Waals surface area contributed by atoms with E-state index in [1.54, 1.807) is 63.5 Å². The van der Waals surface area contributed by atoms with Gasteiger partial charge in [-0.3, -0.25) is 19.3 Å². The Morgan fingerprint density at radius 1 is 1.02 bits per heavy atom. The average molecular weight is 588 g/mol. The minimum atomic E-state index is -2.65. The van der Waals surface area contributed by atoms with Crippen LogP contribution in [0.1, 0.15) is 26.3 Å². The van der Waals surface area contributed by atoms with Gasteiger partial charge in [-0.2, -0.15) is 0 Å². The first-order chi connectivity index (χ1) is 20.0. The van der Waals surface area contributed by atoms with Crippen LogP contribution in [0, 0.1) is 10.1 Å². The van der Waals surface area contributed by atoms with Gasteiger partial charge in [0.15, 0.2) is 0 Å². The summed E-state index contributed by atoms with van der Waals surface area (Å²) in [6.07, 6.45) is 6.15. The van der Waals surface area contributed by atoms with Crippen LogP contribution in [-0.2, 0) is 16.0 Å². The Bertz CT molecular complexity index is 1600. The minimum Gasteiger partial charge on any atom is -0.755 e. The monoisotopic (exact) mass is 587 g/mol. The molecule has 218 valence electrons. The molecule has 1 atom stereocenters. The van der Waals surface area contributed by atoms with Crippen LogP contribution < -0.4 is 4.31 Å². The Morgan fingerprint density at radius 3 is 2.38 bits per heavy atom. The molecular weight excluding hydrogens is 556 g/mol. The Hall–Kier alpha value is -4.61. The van der Waals surface area contributed by atoms with Crippen LogP contribution in [0.15, 0.2) is 91.3 Å². The lowest BCUT2D eigenvalue weighted by Crippen LogP contribution is -2.42. The maximum absolute atomic E-state index is 13.1. The Kier molecular flexibility index (Phi) is 9.66. The third-order valence-electron chi connectivity index (χ3n) is 6.25. The van der Waals surface area contributed by atoms with Crippen LogP contribution in [-0.4, -0.2) is 54.9 Å². The van der Waals surface area contributed by atoms with Gasteiger partial charge in [0, 0.05) is 66.2 Å². The number of hydrogen-bond donors (Lipinski definition) is 0. The van der Waals surface area contributed by atoms with Crippen molar-refractivity contribution >= 4 is 45.6 Å². The van der Waals surface area contributed by atoms with E-state index in [1.807, 2.05) is 42.5 Å². The van der Waals surface area contributed by atoms with Gasteiger partial charge in [-0.25, -0.2) is 4.79 Å². The molecule has 10 nitrogen and oxygen atoms in total. The Labute approximate surface area is 246 Å². The van der Waals surface area contributed by atoms with Crippen LogP contribution in [0.2, 0.25) is 0 Å². The first kappa shape index (κ1) is 30.4. The standard InChI is InChI=1S/C31H32N4O6S/c1-31(2,3)41-30(36)33(17-7-8-23-11-13-27(14-12-23)35(37)38)18-19-34(42(39)40)29-21-25(24-9-5-4-6-10-24)20-26-22-32-16-15-28(26)29/h4-16,20-22H,17-19H2,1-3H3,(H,39,40)/p-1. The molecular formula is C31H31N4O6S-. The summed E-state index contributed by atoms with van der Waals surface area (Å²) in [5, 5.41) is 12.4. The number of hydrogen-bond acceptors (Lipinski definition) is 7. The van der Waals surface area contributed by atoms with Crippen LogP contribution in [0.4, 0.5) is 16.2 Å². The highest BCUT2D eigenvalue weighted by molar-refractivity contribution is 7.80. The lowest BCUT2D eigenvalue weighted by atomic mass is 10.0.